The lowest BCUT2D eigenvalue weighted by Gasteiger charge is -2.07. The van der Waals surface area contributed by atoms with Gasteiger partial charge in [0.2, 0.25) is 0 Å². The molecule has 2 nitrogen and oxygen atoms in total. The molecule has 0 saturated heterocycles. The van der Waals surface area contributed by atoms with E-state index in [2.05, 4.69) is 0 Å². The van der Waals surface area contributed by atoms with Gasteiger partial charge in [0.1, 0.15) is 5.75 Å². The Hall–Kier alpha value is -1.35. The van der Waals surface area contributed by atoms with E-state index in [0.717, 1.165) is 27.7 Å². The SMILES string of the molecule is COc1c(C)c(C=O)cc2sccc12. The Kier molecular flexibility index (Phi) is 2.25. The number of hydrogen-bond acceptors (Lipinski definition) is 3. The number of ether oxygens (including phenoxy) is 1. The van der Waals surface area contributed by atoms with Crippen LogP contribution >= 0.6 is 11.3 Å². The fourth-order valence-corrected chi connectivity index (χ4v) is 2.42. The Bertz CT molecular complexity index is 485. The molecule has 0 aliphatic heterocycles. The zero-order valence-electron chi connectivity index (χ0n) is 8.03. The molecule has 14 heavy (non-hydrogen) atoms. The van der Waals surface area contributed by atoms with Crippen molar-refractivity contribution in [2.45, 2.75) is 6.92 Å². The first-order valence-corrected chi connectivity index (χ1v) is 5.16. The number of rotatable bonds is 2. The van der Waals surface area contributed by atoms with Crippen molar-refractivity contribution in [3.63, 3.8) is 0 Å². The number of fused-ring (bicyclic) bond motifs is 1. The predicted octanol–water partition coefficient (Wildman–Crippen LogP) is 3.03. The Labute approximate surface area is 86.1 Å². The molecule has 2 rings (SSSR count). The molecule has 0 saturated carbocycles. The van der Waals surface area contributed by atoms with E-state index < -0.39 is 0 Å². The van der Waals surface area contributed by atoms with Crippen LogP contribution in [0.2, 0.25) is 0 Å². The summed E-state index contributed by atoms with van der Waals surface area (Å²) in [6, 6.07) is 3.92. The lowest BCUT2D eigenvalue weighted by molar-refractivity contribution is 0.112. The van der Waals surface area contributed by atoms with Crippen LogP contribution in [0.3, 0.4) is 0 Å². The van der Waals surface area contributed by atoms with Gasteiger partial charge in [0.15, 0.2) is 6.29 Å². The molecule has 0 unspecified atom stereocenters. The Morgan fingerprint density at radius 1 is 1.50 bits per heavy atom. The van der Waals surface area contributed by atoms with Crippen LogP contribution in [0.25, 0.3) is 10.1 Å². The molecule has 0 radical (unpaired) electrons. The van der Waals surface area contributed by atoms with Gasteiger partial charge >= 0.3 is 0 Å². The van der Waals surface area contributed by atoms with Crippen LogP contribution in [0.1, 0.15) is 15.9 Å². The van der Waals surface area contributed by atoms with Gasteiger partial charge in [0, 0.05) is 21.2 Å². The maximum Gasteiger partial charge on any atom is 0.150 e. The average molecular weight is 206 g/mol. The van der Waals surface area contributed by atoms with Gasteiger partial charge in [-0.25, -0.2) is 0 Å². The van der Waals surface area contributed by atoms with E-state index in [0.29, 0.717) is 5.56 Å². The van der Waals surface area contributed by atoms with Crippen LogP contribution in [0.15, 0.2) is 17.5 Å². The van der Waals surface area contributed by atoms with Crippen LogP contribution in [-0.2, 0) is 0 Å². The molecule has 1 heterocycles. The maximum absolute atomic E-state index is 10.8. The number of benzene rings is 1. The minimum Gasteiger partial charge on any atom is -0.496 e. The standard InChI is InChI=1S/C11H10O2S/c1-7-8(6-12)5-10-9(3-4-14-10)11(7)13-2/h3-6H,1-2H3. The smallest absolute Gasteiger partial charge is 0.150 e. The van der Waals surface area contributed by atoms with E-state index in [1.54, 1.807) is 18.4 Å². The van der Waals surface area contributed by atoms with Gasteiger partial charge in [-0.1, -0.05) is 0 Å². The molecule has 1 aromatic carbocycles. The Morgan fingerprint density at radius 2 is 2.29 bits per heavy atom. The zero-order valence-corrected chi connectivity index (χ0v) is 8.85. The first-order chi connectivity index (χ1) is 6.77. The van der Waals surface area contributed by atoms with E-state index in [4.69, 9.17) is 4.74 Å². The quantitative estimate of drug-likeness (QED) is 0.706. The third kappa shape index (κ3) is 1.21. The molecular weight excluding hydrogens is 196 g/mol. The molecule has 1 aromatic heterocycles. The summed E-state index contributed by atoms with van der Waals surface area (Å²) in [5.41, 5.74) is 1.62. The van der Waals surface area contributed by atoms with Gasteiger partial charge in [-0.05, 0) is 24.4 Å². The largest absolute Gasteiger partial charge is 0.496 e. The lowest BCUT2D eigenvalue weighted by atomic mass is 10.1. The van der Waals surface area contributed by atoms with E-state index >= 15 is 0 Å². The summed E-state index contributed by atoms with van der Waals surface area (Å²) in [4.78, 5) is 10.8. The van der Waals surface area contributed by atoms with Crippen molar-refractivity contribution in [3.8, 4) is 5.75 Å². The van der Waals surface area contributed by atoms with Gasteiger partial charge in [0.25, 0.3) is 0 Å². The summed E-state index contributed by atoms with van der Waals surface area (Å²) < 4.78 is 6.40. The summed E-state index contributed by atoms with van der Waals surface area (Å²) in [5, 5.41) is 3.09. The van der Waals surface area contributed by atoms with Crippen LogP contribution in [0.4, 0.5) is 0 Å². The second-order valence-electron chi connectivity index (χ2n) is 3.07. The number of aldehydes is 1. The lowest BCUT2D eigenvalue weighted by Crippen LogP contribution is -1.92. The van der Waals surface area contributed by atoms with Crippen LogP contribution < -0.4 is 4.74 Å². The first-order valence-electron chi connectivity index (χ1n) is 4.28. The molecule has 3 heteroatoms. The molecule has 2 aromatic rings. The normalized spacial score (nSPS) is 10.4. The van der Waals surface area contributed by atoms with E-state index in [9.17, 15) is 4.79 Å². The zero-order chi connectivity index (χ0) is 10.1. The highest BCUT2D eigenvalue weighted by molar-refractivity contribution is 7.17. The minimum atomic E-state index is 0.705. The van der Waals surface area contributed by atoms with E-state index in [1.807, 2.05) is 24.4 Å². The van der Waals surface area contributed by atoms with Gasteiger partial charge in [-0.3, -0.25) is 4.79 Å². The van der Waals surface area contributed by atoms with Crippen molar-refractivity contribution >= 4 is 27.7 Å². The molecular formula is C11H10O2S. The molecule has 0 spiro atoms. The monoisotopic (exact) mass is 206 g/mol. The molecule has 0 N–H and O–H groups in total. The van der Waals surface area contributed by atoms with Crippen molar-refractivity contribution < 1.29 is 9.53 Å². The predicted molar refractivity (Wildman–Crippen MR) is 58.5 cm³/mol. The van der Waals surface area contributed by atoms with Crippen molar-refractivity contribution in [1.82, 2.24) is 0 Å². The molecule has 0 aliphatic rings. The summed E-state index contributed by atoms with van der Waals surface area (Å²) in [5.74, 6) is 0.811. The highest BCUT2D eigenvalue weighted by Crippen LogP contribution is 2.34. The second kappa shape index (κ2) is 3.42. The molecule has 0 fully saturated rings. The Balaban J connectivity index is 2.87. The molecule has 0 aliphatic carbocycles. The van der Waals surface area contributed by atoms with Gasteiger partial charge in [-0.2, -0.15) is 0 Å². The topological polar surface area (TPSA) is 26.3 Å². The molecule has 72 valence electrons. The average Bonchev–Trinajstić information content (AvgIpc) is 2.64. The van der Waals surface area contributed by atoms with Gasteiger partial charge in [-0.15, -0.1) is 11.3 Å². The third-order valence-electron chi connectivity index (χ3n) is 2.33. The fourth-order valence-electron chi connectivity index (χ4n) is 1.59. The number of carbonyl (C=O) groups is 1. The van der Waals surface area contributed by atoms with E-state index in [-0.39, 0.29) is 0 Å². The molecule has 0 amide bonds. The van der Waals surface area contributed by atoms with Crippen LogP contribution in [0, 0.1) is 6.92 Å². The van der Waals surface area contributed by atoms with E-state index in [1.165, 1.54) is 0 Å². The second-order valence-corrected chi connectivity index (χ2v) is 4.02. The van der Waals surface area contributed by atoms with Crippen molar-refractivity contribution in [1.29, 1.82) is 0 Å². The number of thiophene rings is 1. The summed E-state index contributed by atoms with van der Waals surface area (Å²) in [6.07, 6.45) is 0.872. The Morgan fingerprint density at radius 3 is 2.93 bits per heavy atom. The van der Waals surface area contributed by atoms with Gasteiger partial charge in [0.05, 0.1) is 7.11 Å². The maximum atomic E-state index is 10.8. The minimum absolute atomic E-state index is 0.705. The summed E-state index contributed by atoms with van der Waals surface area (Å²) >= 11 is 1.62. The highest BCUT2D eigenvalue weighted by Gasteiger charge is 2.10. The molecule has 0 atom stereocenters. The highest BCUT2D eigenvalue weighted by atomic mass is 32.1. The number of methoxy groups -OCH3 is 1. The van der Waals surface area contributed by atoms with Gasteiger partial charge < -0.3 is 4.74 Å². The van der Waals surface area contributed by atoms with Crippen molar-refractivity contribution in [2.75, 3.05) is 7.11 Å². The first kappa shape index (κ1) is 9.21. The molecule has 0 bridgehead atoms. The fraction of sp³-hybridized carbons (Fsp3) is 0.182. The number of carbonyl (C=O) groups excluding carboxylic acids is 1. The van der Waals surface area contributed by atoms with Crippen molar-refractivity contribution in [3.05, 3.63) is 28.6 Å². The van der Waals surface area contributed by atoms with Crippen molar-refractivity contribution in [2.24, 2.45) is 0 Å². The summed E-state index contributed by atoms with van der Waals surface area (Å²) in [6.45, 7) is 1.90. The van der Waals surface area contributed by atoms with Crippen LogP contribution in [-0.4, -0.2) is 13.4 Å². The number of hydrogen-bond donors (Lipinski definition) is 0. The third-order valence-corrected chi connectivity index (χ3v) is 3.19. The van der Waals surface area contributed by atoms with Crippen LogP contribution in [0.5, 0.6) is 5.75 Å². The summed E-state index contributed by atoms with van der Waals surface area (Å²) in [7, 11) is 1.63.